The molecule has 0 aliphatic carbocycles. The summed E-state index contributed by atoms with van der Waals surface area (Å²) in [5, 5.41) is 0.0957. The molecule has 5 nitrogen and oxygen atoms in total. The van der Waals surface area contributed by atoms with E-state index in [0.29, 0.717) is 13.2 Å². The molecule has 0 aromatic carbocycles. The van der Waals surface area contributed by atoms with Gasteiger partial charge in [0, 0.05) is 20.6 Å². The Labute approximate surface area is 163 Å². The third-order valence-electron chi connectivity index (χ3n) is 5.20. The van der Waals surface area contributed by atoms with Crippen molar-refractivity contribution in [1.82, 2.24) is 0 Å². The molecule has 0 aliphatic heterocycles. The van der Waals surface area contributed by atoms with Crippen LogP contribution < -0.4 is 0 Å². The van der Waals surface area contributed by atoms with Crippen LogP contribution in [0.15, 0.2) is 0 Å². The van der Waals surface area contributed by atoms with E-state index < -0.39 is 8.32 Å². The summed E-state index contributed by atoms with van der Waals surface area (Å²) in [4.78, 5) is 5.75. The molecule has 0 radical (unpaired) electrons. The van der Waals surface area contributed by atoms with Gasteiger partial charge in [-0.1, -0.05) is 53.4 Å². The zero-order valence-corrected chi connectivity index (χ0v) is 19.6. The maximum atomic E-state index is 5.90. The quantitative estimate of drug-likeness (QED) is 0.111. The normalized spacial score (nSPS) is 15.2. The highest BCUT2D eigenvalue weighted by molar-refractivity contribution is 6.73. The standard InChI is InChI=1S/C20H44O5Si/c1-9-10-11-12-13-18(22-6)14-15-19(23-17-16-21-5)24-25-26(7,8)20(2,3)4/h18-19H,9-17H2,1-8H3. The molecule has 6 heteroatoms. The van der Waals surface area contributed by atoms with Crippen LogP contribution >= 0.6 is 0 Å². The molecular formula is C20H44O5Si. The average molecular weight is 393 g/mol. The van der Waals surface area contributed by atoms with Crippen LogP contribution in [0.1, 0.15) is 72.6 Å². The second-order valence-electron chi connectivity index (χ2n) is 8.52. The fourth-order valence-corrected chi connectivity index (χ4v) is 2.82. The highest BCUT2D eigenvalue weighted by Crippen LogP contribution is 2.37. The first-order chi connectivity index (χ1) is 12.2. The van der Waals surface area contributed by atoms with Crippen LogP contribution in [0.5, 0.6) is 0 Å². The van der Waals surface area contributed by atoms with Crippen molar-refractivity contribution < 1.29 is 23.7 Å². The summed E-state index contributed by atoms with van der Waals surface area (Å²) in [5.41, 5.74) is 0. The number of rotatable bonds is 16. The van der Waals surface area contributed by atoms with Gasteiger partial charge in [-0.25, -0.2) is 4.89 Å². The van der Waals surface area contributed by atoms with Gasteiger partial charge in [0.15, 0.2) is 6.29 Å². The van der Waals surface area contributed by atoms with E-state index in [2.05, 4.69) is 40.8 Å². The minimum atomic E-state index is -1.97. The van der Waals surface area contributed by atoms with E-state index >= 15 is 0 Å². The van der Waals surface area contributed by atoms with Gasteiger partial charge in [0.25, 0.3) is 0 Å². The lowest BCUT2D eigenvalue weighted by Gasteiger charge is -2.35. The van der Waals surface area contributed by atoms with Gasteiger partial charge in [-0.15, -0.1) is 0 Å². The Hall–Kier alpha value is 0.0169. The van der Waals surface area contributed by atoms with Crippen LogP contribution in [0.2, 0.25) is 18.1 Å². The minimum Gasteiger partial charge on any atom is -0.382 e. The van der Waals surface area contributed by atoms with Gasteiger partial charge in [0.1, 0.15) is 0 Å². The SMILES string of the molecule is CCCCCCC(CCC(OCCOC)OO[Si](C)(C)C(C)(C)C)OC. The summed E-state index contributed by atoms with van der Waals surface area (Å²) in [6.45, 7) is 14.2. The first-order valence-corrected chi connectivity index (χ1v) is 13.1. The van der Waals surface area contributed by atoms with E-state index in [1.807, 2.05) is 0 Å². The maximum absolute atomic E-state index is 5.90. The third-order valence-corrected chi connectivity index (χ3v) is 9.32. The molecule has 0 aromatic heterocycles. The first kappa shape index (κ1) is 26.0. The number of hydrogen-bond acceptors (Lipinski definition) is 5. The van der Waals surface area contributed by atoms with Gasteiger partial charge >= 0.3 is 0 Å². The van der Waals surface area contributed by atoms with Crippen LogP contribution in [0.3, 0.4) is 0 Å². The van der Waals surface area contributed by atoms with E-state index in [-0.39, 0.29) is 17.4 Å². The second kappa shape index (κ2) is 14.1. The largest absolute Gasteiger partial charge is 0.382 e. The molecule has 2 atom stereocenters. The molecule has 2 unspecified atom stereocenters. The van der Waals surface area contributed by atoms with Gasteiger partial charge in [0.2, 0.25) is 8.32 Å². The molecule has 0 saturated heterocycles. The number of methoxy groups -OCH3 is 2. The third kappa shape index (κ3) is 11.7. The molecule has 26 heavy (non-hydrogen) atoms. The molecule has 0 saturated carbocycles. The smallest absolute Gasteiger partial charge is 0.238 e. The Bertz CT molecular complexity index is 331. The van der Waals surface area contributed by atoms with Crippen molar-refractivity contribution in [3.05, 3.63) is 0 Å². The monoisotopic (exact) mass is 392 g/mol. The minimum absolute atomic E-state index is 0.0957. The highest BCUT2D eigenvalue weighted by atomic mass is 28.4. The Balaban J connectivity index is 4.47. The van der Waals surface area contributed by atoms with Gasteiger partial charge in [-0.05, 0) is 31.0 Å². The number of hydrogen-bond donors (Lipinski definition) is 0. The Morgan fingerprint density at radius 3 is 2.12 bits per heavy atom. The van der Waals surface area contributed by atoms with Crippen LogP contribution in [-0.4, -0.2) is 48.1 Å². The van der Waals surface area contributed by atoms with Gasteiger partial charge in [-0.3, -0.25) is 4.58 Å². The first-order valence-electron chi connectivity index (χ1n) is 10.2. The van der Waals surface area contributed by atoms with E-state index in [1.165, 1.54) is 25.7 Å². The van der Waals surface area contributed by atoms with Gasteiger partial charge in [-0.2, -0.15) is 0 Å². The summed E-state index contributed by atoms with van der Waals surface area (Å²) in [6, 6.07) is 0. The summed E-state index contributed by atoms with van der Waals surface area (Å²) >= 11 is 0. The summed E-state index contributed by atoms with van der Waals surface area (Å²) in [7, 11) is 1.48. The van der Waals surface area contributed by atoms with Crippen molar-refractivity contribution >= 4 is 8.32 Å². The van der Waals surface area contributed by atoms with E-state index in [0.717, 1.165) is 19.3 Å². The van der Waals surface area contributed by atoms with E-state index in [4.69, 9.17) is 23.7 Å². The Morgan fingerprint density at radius 1 is 0.885 bits per heavy atom. The maximum Gasteiger partial charge on any atom is 0.238 e. The molecular weight excluding hydrogens is 348 g/mol. The lowest BCUT2D eigenvalue weighted by atomic mass is 10.1. The Morgan fingerprint density at radius 2 is 1.58 bits per heavy atom. The molecule has 0 rings (SSSR count). The van der Waals surface area contributed by atoms with Crippen LogP contribution in [0.4, 0.5) is 0 Å². The zero-order valence-electron chi connectivity index (χ0n) is 18.6. The molecule has 0 spiro atoms. The molecule has 0 aliphatic rings. The molecule has 0 amide bonds. The molecule has 158 valence electrons. The zero-order chi connectivity index (χ0) is 20.1. The van der Waals surface area contributed by atoms with Crippen molar-refractivity contribution in [3.8, 4) is 0 Å². The van der Waals surface area contributed by atoms with Crippen LogP contribution in [0, 0.1) is 0 Å². The second-order valence-corrected chi connectivity index (χ2v) is 13.2. The molecule has 0 N–H and O–H groups in total. The summed E-state index contributed by atoms with van der Waals surface area (Å²) < 4.78 is 22.4. The summed E-state index contributed by atoms with van der Waals surface area (Å²) in [6.07, 6.45) is 7.65. The van der Waals surface area contributed by atoms with Crippen molar-refractivity contribution in [2.24, 2.45) is 0 Å². The molecule has 0 heterocycles. The van der Waals surface area contributed by atoms with Crippen molar-refractivity contribution in [1.29, 1.82) is 0 Å². The predicted octanol–water partition coefficient (Wildman–Crippen LogP) is 5.69. The fraction of sp³-hybridized carbons (Fsp3) is 1.00. The number of ether oxygens (including phenoxy) is 3. The molecule has 0 aromatic rings. The number of unbranched alkanes of at least 4 members (excludes halogenated alkanes) is 3. The highest BCUT2D eigenvalue weighted by Gasteiger charge is 2.39. The van der Waals surface area contributed by atoms with E-state index in [9.17, 15) is 0 Å². The fourth-order valence-electron chi connectivity index (χ4n) is 2.22. The van der Waals surface area contributed by atoms with Gasteiger partial charge < -0.3 is 14.2 Å². The summed E-state index contributed by atoms with van der Waals surface area (Å²) in [5.74, 6) is 0. The van der Waals surface area contributed by atoms with E-state index in [1.54, 1.807) is 14.2 Å². The average Bonchev–Trinajstić information content (AvgIpc) is 2.57. The van der Waals surface area contributed by atoms with Crippen LogP contribution in [-0.2, 0) is 23.7 Å². The van der Waals surface area contributed by atoms with Crippen molar-refractivity contribution in [2.45, 2.75) is 103 Å². The topological polar surface area (TPSA) is 46.2 Å². The van der Waals surface area contributed by atoms with Crippen molar-refractivity contribution in [3.63, 3.8) is 0 Å². The van der Waals surface area contributed by atoms with Crippen molar-refractivity contribution in [2.75, 3.05) is 27.4 Å². The molecule has 0 fully saturated rings. The van der Waals surface area contributed by atoms with Crippen LogP contribution in [0.25, 0.3) is 0 Å². The molecule has 0 bridgehead atoms. The predicted molar refractivity (Wildman–Crippen MR) is 110 cm³/mol. The lowest BCUT2D eigenvalue weighted by Crippen LogP contribution is -2.42. The lowest BCUT2D eigenvalue weighted by molar-refractivity contribution is -0.332. The van der Waals surface area contributed by atoms with Gasteiger partial charge in [0.05, 0.1) is 19.3 Å². The Kier molecular flexibility index (Phi) is 14.1.